The maximum Gasteiger partial charge on any atom is 0.367 e. The maximum atomic E-state index is 12.8. The third kappa shape index (κ3) is 2.71. The van der Waals surface area contributed by atoms with Crippen molar-refractivity contribution in [2.45, 2.75) is 6.54 Å². The first kappa shape index (κ1) is 15.7. The van der Waals surface area contributed by atoms with Crippen LogP contribution in [-0.2, 0) is 11.3 Å². The van der Waals surface area contributed by atoms with Gasteiger partial charge in [-0.15, -0.1) is 0 Å². The highest BCUT2D eigenvalue weighted by molar-refractivity contribution is 5.99. The Morgan fingerprint density at radius 3 is 2.79 bits per heavy atom. The van der Waals surface area contributed by atoms with Crippen LogP contribution < -0.4 is 10.7 Å². The Labute approximate surface area is 136 Å². The second-order valence-electron chi connectivity index (χ2n) is 5.08. The van der Waals surface area contributed by atoms with Crippen molar-refractivity contribution in [3.8, 4) is 6.07 Å². The zero-order chi connectivity index (χ0) is 17.3. The summed E-state index contributed by atoms with van der Waals surface area (Å²) < 4.78 is 12.8. The molecular formula is C15H12FN5O3. The lowest BCUT2D eigenvalue weighted by atomic mass is 10.1. The Kier molecular flexibility index (Phi) is 3.99. The average molecular weight is 329 g/mol. The Morgan fingerprint density at radius 1 is 1.42 bits per heavy atom. The molecule has 8 nitrogen and oxygen atoms in total. The van der Waals surface area contributed by atoms with Gasteiger partial charge in [-0.25, -0.2) is 19.6 Å². The number of nitriles is 1. The van der Waals surface area contributed by atoms with Gasteiger partial charge in [0.05, 0.1) is 23.9 Å². The third-order valence-electron chi connectivity index (χ3n) is 3.57. The molecule has 0 bridgehead atoms. The monoisotopic (exact) mass is 329 g/mol. The maximum absolute atomic E-state index is 12.8. The van der Waals surface area contributed by atoms with E-state index >= 15 is 0 Å². The molecule has 122 valence electrons. The standard InChI is InChI=1S/C15H12FN5O3/c16-11-3-1-9(2-4-11)7-18-14(22)13-5-12-10(6-17)8-19-20(12)15(23)21(13)24/h1-5,19,24H,7-8H2,(H,18,22). The van der Waals surface area contributed by atoms with Gasteiger partial charge in [-0.1, -0.05) is 12.1 Å². The van der Waals surface area contributed by atoms with E-state index in [1.807, 2.05) is 6.07 Å². The first-order valence-electron chi connectivity index (χ1n) is 6.95. The number of carbonyl (C=O) groups excluding carboxylic acids is 2. The molecule has 0 spiro atoms. The largest absolute Gasteiger partial charge is 0.367 e. The predicted molar refractivity (Wildman–Crippen MR) is 77.8 cm³/mol. The van der Waals surface area contributed by atoms with Gasteiger partial charge in [0.15, 0.2) is 0 Å². The number of allylic oxidation sites excluding steroid dienone is 1. The summed E-state index contributed by atoms with van der Waals surface area (Å²) in [7, 11) is 0. The number of halogens is 1. The molecule has 1 aromatic rings. The summed E-state index contributed by atoms with van der Waals surface area (Å²) in [6.45, 7) is 0.219. The van der Waals surface area contributed by atoms with Crippen LogP contribution in [-0.4, -0.2) is 33.8 Å². The van der Waals surface area contributed by atoms with Crippen molar-refractivity contribution in [1.29, 1.82) is 5.26 Å². The molecule has 0 unspecified atom stereocenters. The molecule has 2 aliphatic heterocycles. The molecule has 3 rings (SSSR count). The first-order chi connectivity index (χ1) is 11.5. The lowest BCUT2D eigenvalue weighted by molar-refractivity contribution is -0.124. The molecule has 0 fully saturated rings. The van der Waals surface area contributed by atoms with Crippen LogP contribution >= 0.6 is 0 Å². The Hall–Kier alpha value is -3.22. The van der Waals surface area contributed by atoms with Crippen LogP contribution in [0.2, 0.25) is 0 Å². The molecule has 24 heavy (non-hydrogen) atoms. The summed E-state index contributed by atoms with van der Waals surface area (Å²) in [5.41, 5.74) is 3.49. The molecule has 2 aliphatic rings. The molecule has 0 aliphatic carbocycles. The molecule has 9 heteroatoms. The quantitative estimate of drug-likeness (QED) is 0.709. The Morgan fingerprint density at radius 2 is 2.12 bits per heavy atom. The highest BCUT2D eigenvalue weighted by Gasteiger charge is 2.38. The van der Waals surface area contributed by atoms with Crippen molar-refractivity contribution in [3.05, 3.63) is 58.7 Å². The van der Waals surface area contributed by atoms with Crippen molar-refractivity contribution in [1.82, 2.24) is 20.8 Å². The van der Waals surface area contributed by atoms with E-state index in [1.54, 1.807) is 0 Å². The van der Waals surface area contributed by atoms with Crippen molar-refractivity contribution in [2.24, 2.45) is 0 Å². The highest BCUT2D eigenvalue weighted by atomic mass is 19.1. The van der Waals surface area contributed by atoms with Gasteiger partial charge in [-0.2, -0.15) is 10.3 Å². The minimum Gasteiger partial charge on any atom is -0.347 e. The number of amides is 3. The average Bonchev–Trinajstić information content (AvgIpc) is 3.00. The lowest BCUT2D eigenvalue weighted by Gasteiger charge is -2.29. The number of hydrazine groups is 1. The molecule has 2 heterocycles. The summed E-state index contributed by atoms with van der Waals surface area (Å²) in [5, 5.41) is 22.6. The van der Waals surface area contributed by atoms with E-state index in [9.17, 15) is 19.2 Å². The van der Waals surface area contributed by atoms with Gasteiger partial charge in [0.1, 0.15) is 11.5 Å². The second kappa shape index (κ2) is 6.11. The van der Waals surface area contributed by atoms with Crippen LogP contribution in [0.15, 0.2) is 47.3 Å². The summed E-state index contributed by atoms with van der Waals surface area (Å²) in [6, 6.07) is 6.58. The van der Waals surface area contributed by atoms with Crippen LogP contribution in [0.25, 0.3) is 0 Å². The van der Waals surface area contributed by atoms with Crippen LogP contribution in [0.1, 0.15) is 5.56 Å². The van der Waals surface area contributed by atoms with E-state index < -0.39 is 17.8 Å². The SMILES string of the molecule is N#CC1=C2C=C(C(=O)NCc3ccc(F)cc3)N(O)C(=O)N2NC1. The molecular weight excluding hydrogens is 317 g/mol. The number of nitrogens with zero attached hydrogens (tertiary/aromatic N) is 3. The van der Waals surface area contributed by atoms with Crippen molar-refractivity contribution in [3.63, 3.8) is 0 Å². The third-order valence-corrected chi connectivity index (χ3v) is 3.57. The smallest absolute Gasteiger partial charge is 0.347 e. The molecule has 0 saturated heterocycles. The summed E-state index contributed by atoms with van der Waals surface area (Å²) in [6.07, 6.45) is 1.25. The zero-order valence-corrected chi connectivity index (χ0v) is 12.3. The van der Waals surface area contributed by atoms with Gasteiger partial charge in [-0.3, -0.25) is 10.0 Å². The van der Waals surface area contributed by atoms with Gasteiger partial charge in [0.25, 0.3) is 5.91 Å². The van der Waals surface area contributed by atoms with Crippen molar-refractivity contribution >= 4 is 11.9 Å². The van der Waals surface area contributed by atoms with Gasteiger partial charge in [0.2, 0.25) is 0 Å². The topological polar surface area (TPSA) is 109 Å². The van der Waals surface area contributed by atoms with E-state index in [-0.39, 0.29) is 35.1 Å². The van der Waals surface area contributed by atoms with E-state index in [0.29, 0.717) is 5.56 Å². The molecule has 0 radical (unpaired) electrons. The number of hydrogen-bond acceptors (Lipinski definition) is 5. The number of nitrogens with one attached hydrogen (secondary N) is 2. The fraction of sp³-hybridized carbons (Fsp3) is 0.133. The fourth-order valence-corrected chi connectivity index (χ4v) is 2.31. The van der Waals surface area contributed by atoms with E-state index in [1.165, 1.54) is 30.3 Å². The number of benzene rings is 1. The summed E-state index contributed by atoms with van der Waals surface area (Å²) in [5.74, 6) is -1.09. The number of hydrogen-bond donors (Lipinski definition) is 3. The normalized spacial score (nSPS) is 16.7. The number of urea groups is 1. The van der Waals surface area contributed by atoms with Gasteiger partial charge < -0.3 is 5.32 Å². The number of hydroxylamine groups is 2. The summed E-state index contributed by atoms with van der Waals surface area (Å²) >= 11 is 0. The molecule has 1 aromatic carbocycles. The fourth-order valence-electron chi connectivity index (χ4n) is 2.31. The van der Waals surface area contributed by atoms with Crippen LogP contribution in [0.5, 0.6) is 0 Å². The molecule has 0 saturated carbocycles. The van der Waals surface area contributed by atoms with Gasteiger partial charge >= 0.3 is 6.03 Å². The first-order valence-corrected chi connectivity index (χ1v) is 6.95. The Bertz CT molecular complexity index is 809. The van der Waals surface area contributed by atoms with E-state index in [4.69, 9.17) is 5.26 Å². The minimum atomic E-state index is -0.885. The minimum absolute atomic E-state index is 0.0879. The Balaban J connectivity index is 1.79. The molecule has 3 amide bonds. The number of fused-ring (bicyclic) bond motifs is 1. The van der Waals surface area contributed by atoms with Gasteiger partial charge in [-0.05, 0) is 23.8 Å². The number of rotatable bonds is 3. The van der Waals surface area contributed by atoms with Crippen LogP contribution in [0, 0.1) is 17.1 Å². The van der Waals surface area contributed by atoms with E-state index in [2.05, 4.69) is 10.7 Å². The molecule has 3 N–H and O–H groups in total. The second-order valence-corrected chi connectivity index (χ2v) is 5.08. The van der Waals surface area contributed by atoms with Crippen molar-refractivity contribution < 1.29 is 19.2 Å². The van der Waals surface area contributed by atoms with Gasteiger partial charge in [0, 0.05) is 6.54 Å². The highest BCUT2D eigenvalue weighted by Crippen LogP contribution is 2.25. The molecule has 0 atom stereocenters. The molecule has 0 aromatic heterocycles. The summed E-state index contributed by atoms with van der Waals surface area (Å²) in [4.78, 5) is 24.3. The van der Waals surface area contributed by atoms with Crippen LogP contribution in [0.4, 0.5) is 9.18 Å². The lowest BCUT2D eigenvalue weighted by Crippen LogP contribution is -2.50. The van der Waals surface area contributed by atoms with Crippen LogP contribution in [0.3, 0.4) is 0 Å². The van der Waals surface area contributed by atoms with Crippen molar-refractivity contribution in [2.75, 3.05) is 6.54 Å². The van der Waals surface area contributed by atoms with E-state index in [0.717, 1.165) is 5.01 Å². The number of carbonyl (C=O) groups is 2. The zero-order valence-electron chi connectivity index (χ0n) is 12.3. The predicted octanol–water partition coefficient (Wildman–Crippen LogP) is 0.748.